The number of Topliss-reactive ketones (excluding diaryl/α,β-unsaturated/α-hetero) is 1. The quantitative estimate of drug-likeness (QED) is 0.794. The number of ketones is 1. The minimum Gasteiger partial charge on any atom is -0.381 e. The summed E-state index contributed by atoms with van der Waals surface area (Å²) in [7, 11) is 0. The average molecular weight is 373 g/mol. The van der Waals surface area contributed by atoms with Crippen molar-refractivity contribution in [2.45, 2.75) is 83.0 Å². The summed E-state index contributed by atoms with van der Waals surface area (Å²) in [6, 6.07) is 0. The Morgan fingerprint density at radius 1 is 1.22 bits per heavy atom. The van der Waals surface area contributed by atoms with E-state index in [-0.39, 0.29) is 17.0 Å². The first-order valence-electron chi connectivity index (χ1n) is 10.9. The van der Waals surface area contributed by atoms with E-state index < -0.39 is 5.60 Å². The van der Waals surface area contributed by atoms with Gasteiger partial charge in [-0.3, -0.25) is 4.79 Å². The highest BCUT2D eigenvalue weighted by molar-refractivity contribution is 5.88. The fourth-order valence-corrected chi connectivity index (χ4v) is 7.06. The Labute approximate surface area is 162 Å². The molecule has 2 unspecified atom stereocenters. The van der Waals surface area contributed by atoms with Crippen molar-refractivity contribution in [3.63, 3.8) is 0 Å². The molecule has 0 aromatic carbocycles. The number of hydrogen-bond acceptors (Lipinski definition) is 4. The van der Waals surface area contributed by atoms with Gasteiger partial charge in [-0.05, 0) is 61.5 Å². The fourth-order valence-electron chi connectivity index (χ4n) is 7.06. The summed E-state index contributed by atoms with van der Waals surface area (Å²) in [4.78, 5) is 12.6. The second-order valence-corrected chi connectivity index (χ2v) is 9.57. The Hall–Kier alpha value is -0.970. The van der Waals surface area contributed by atoms with E-state index in [4.69, 9.17) is 9.47 Å². The van der Waals surface area contributed by atoms with Gasteiger partial charge in [-0.2, -0.15) is 0 Å². The van der Waals surface area contributed by atoms with Crippen LogP contribution in [0.15, 0.2) is 22.8 Å². The van der Waals surface area contributed by atoms with Crippen LogP contribution in [-0.2, 0) is 14.3 Å². The lowest BCUT2D eigenvalue weighted by Crippen LogP contribution is -2.53. The average Bonchev–Trinajstić information content (AvgIpc) is 3.23. The van der Waals surface area contributed by atoms with Crippen LogP contribution in [0.25, 0.3) is 0 Å². The lowest BCUT2D eigenvalue weighted by Gasteiger charge is -2.50. The summed E-state index contributed by atoms with van der Waals surface area (Å²) < 4.78 is 11.9. The highest BCUT2D eigenvalue weighted by Gasteiger charge is 2.62. The first-order chi connectivity index (χ1) is 12.9. The molecular weight excluding hydrogens is 340 g/mol. The topological polar surface area (TPSA) is 55.8 Å². The van der Waals surface area contributed by atoms with E-state index in [1.165, 1.54) is 11.1 Å². The third-order valence-corrected chi connectivity index (χ3v) is 8.58. The summed E-state index contributed by atoms with van der Waals surface area (Å²) in [6.45, 7) is 5.49. The first-order valence-corrected chi connectivity index (χ1v) is 10.9. The molecule has 0 aromatic heterocycles. The second-order valence-electron chi connectivity index (χ2n) is 9.57. The molecule has 4 aliphatic carbocycles. The van der Waals surface area contributed by atoms with Gasteiger partial charge in [0.05, 0.1) is 13.2 Å². The van der Waals surface area contributed by atoms with Crippen LogP contribution in [0.1, 0.15) is 71.6 Å². The molecule has 2 fully saturated rings. The molecule has 5 rings (SSSR count). The molecular formula is C23H32O4. The van der Waals surface area contributed by atoms with Crippen LogP contribution in [0.3, 0.4) is 0 Å². The predicted octanol–water partition coefficient (Wildman–Crippen LogP) is 4.08. The number of rotatable bonds is 2. The number of allylic oxidation sites excluding steroid dienone is 3. The van der Waals surface area contributed by atoms with E-state index in [9.17, 15) is 9.90 Å². The summed E-state index contributed by atoms with van der Waals surface area (Å²) in [5.74, 6) is 0.606. The van der Waals surface area contributed by atoms with E-state index in [1.54, 1.807) is 5.57 Å². The van der Waals surface area contributed by atoms with Crippen molar-refractivity contribution in [3.8, 4) is 0 Å². The Kier molecular flexibility index (Phi) is 4.03. The second kappa shape index (κ2) is 6.01. The van der Waals surface area contributed by atoms with Gasteiger partial charge in [0.15, 0.2) is 11.6 Å². The maximum absolute atomic E-state index is 12.6. The summed E-state index contributed by atoms with van der Waals surface area (Å²) in [5.41, 5.74) is 3.17. The van der Waals surface area contributed by atoms with E-state index in [0.29, 0.717) is 24.7 Å². The zero-order chi connectivity index (χ0) is 18.9. The third-order valence-electron chi connectivity index (χ3n) is 8.58. The van der Waals surface area contributed by atoms with Crippen molar-refractivity contribution in [1.82, 2.24) is 0 Å². The van der Waals surface area contributed by atoms with Crippen molar-refractivity contribution in [2.24, 2.45) is 17.3 Å². The van der Waals surface area contributed by atoms with Crippen molar-refractivity contribution >= 4 is 5.78 Å². The largest absolute Gasteiger partial charge is 0.381 e. The zero-order valence-electron chi connectivity index (χ0n) is 16.7. The molecule has 0 radical (unpaired) electrons. The van der Waals surface area contributed by atoms with Crippen LogP contribution in [0.2, 0.25) is 0 Å². The van der Waals surface area contributed by atoms with Gasteiger partial charge in [0.25, 0.3) is 0 Å². The van der Waals surface area contributed by atoms with E-state index in [2.05, 4.69) is 13.0 Å². The molecule has 148 valence electrons. The number of carbonyl (C=O) groups is 1. The molecule has 1 spiro atoms. The summed E-state index contributed by atoms with van der Waals surface area (Å²) in [6.07, 6.45) is 10.4. The Morgan fingerprint density at radius 2 is 2.00 bits per heavy atom. The van der Waals surface area contributed by atoms with Gasteiger partial charge >= 0.3 is 0 Å². The summed E-state index contributed by atoms with van der Waals surface area (Å²) in [5, 5.41) is 11.4. The highest BCUT2D eigenvalue weighted by Crippen LogP contribution is 2.63. The van der Waals surface area contributed by atoms with Crippen molar-refractivity contribution in [2.75, 3.05) is 13.2 Å². The molecule has 1 saturated heterocycles. The minimum absolute atomic E-state index is 0.0372. The van der Waals surface area contributed by atoms with Crippen molar-refractivity contribution in [1.29, 1.82) is 0 Å². The molecule has 4 nitrogen and oxygen atoms in total. The third kappa shape index (κ3) is 2.36. The molecule has 27 heavy (non-hydrogen) atoms. The lowest BCUT2D eigenvalue weighted by molar-refractivity contribution is -0.164. The van der Waals surface area contributed by atoms with Gasteiger partial charge in [-0.15, -0.1) is 0 Å². The number of aliphatic hydroxyl groups is 1. The van der Waals surface area contributed by atoms with Gasteiger partial charge < -0.3 is 14.6 Å². The molecule has 4 heteroatoms. The Morgan fingerprint density at radius 3 is 2.74 bits per heavy atom. The molecule has 1 heterocycles. The first kappa shape index (κ1) is 18.1. The molecule has 0 aromatic rings. The highest BCUT2D eigenvalue weighted by atomic mass is 16.7. The number of carbonyl (C=O) groups excluding carboxylic acids is 1. The van der Waals surface area contributed by atoms with Crippen LogP contribution in [0.5, 0.6) is 0 Å². The van der Waals surface area contributed by atoms with Gasteiger partial charge in [-0.25, -0.2) is 0 Å². The van der Waals surface area contributed by atoms with Crippen molar-refractivity contribution < 1.29 is 19.4 Å². The van der Waals surface area contributed by atoms with Gasteiger partial charge in [0.2, 0.25) is 0 Å². The molecule has 4 atom stereocenters. The predicted molar refractivity (Wildman–Crippen MR) is 102 cm³/mol. The van der Waals surface area contributed by atoms with E-state index in [0.717, 1.165) is 58.2 Å². The molecule has 1 saturated carbocycles. The molecule has 0 bridgehead atoms. The molecule has 1 N–H and O–H groups in total. The summed E-state index contributed by atoms with van der Waals surface area (Å²) >= 11 is 0. The maximum Gasteiger partial charge on any atom is 0.172 e. The minimum atomic E-state index is -1.13. The van der Waals surface area contributed by atoms with Gasteiger partial charge in [0, 0.05) is 24.7 Å². The molecule has 5 aliphatic rings. The van der Waals surface area contributed by atoms with Crippen LogP contribution < -0.4 is 0 Å². The Bertz CT molecular complexity index is 729. The van der Waals surface area contributed by atoms with Crippen molar-refractivity contribution in [3.05, 3.63) is 22.8 Å². The number of ether oxygens (including phenoxy) is 2. The normalized spacial score (nSPS) is 42.6. The fraction of sp³-hybridized carbons (Fsp3) is 0.783. The number of hydrogen-bond donors (Lipinski definition) is 1. The van der Waals surface area contributed by atoms with Gasteiger partial charge in [-0.1, -0.05) is 25.5 Å². The van der Waals surface area contributed by atoms with Crippen LogP contribution in [-0.4, -0.2) is 35.5 Å². The zero-order valence-corrected chi connectivity index (χ0v) is 16.7. The lowest BCUT2D eigenvalue weighted by atomic mass is 9.55. The number of fused-ring (bicyclic) bond motifs is 4. The van der Waals surface area contributed by atoms with Crippen LogP contribution in [0, 0.1) is 17.3 Å². The van der Waals surface area contributed by atoms with Gasteiger partial charge in [0.1, 0.15) is 5.60 Å². The standard InChI is InChI=1S/C23H32O4/c1-3-20(24)23(25)11-8-19-18-5-4-15-14-22(26-12-13-27-22)10-7-16(15)17(18)6-9-21(19,23)2/h6,18-19,25H,3-5,7-14H2,1-2H3/t18?,19?,21-,23-/m0/s1. The smallest absolute Gasteiger partial charge is 0.172 e. The molecule has 1 aliphatic heterocycles. The van der Waals surface area contributed by atoms with Crippen LogP contribution in [0.4, 0.5) is 0 Å². The molecule has 0 amide bonds. The SMILES string of the molecule is CCC(=O)[C@@]1(O)CCC2C3CCC4=C(CCC5(C4)OCCO5)C3=CC[C@@]21C. The van der Waals surface area contributed by atoms with E-state index >= 15 is 0 Å². The van der Waals surface area contributed by atoms with Crippen LogP contribution >= 0.6 is 0 Å². The monoisotopic (exact) mass is 372 g/mol. The Balaban J connectivity index is 1.47. The van der Waals surface area contributed by atoms with E-state index in [1.807, 2.05) is 6.92 Å². The maximum atomic E-state index is 12.6.